The summed E-state index contributed by atoms with van der Waals surface area (Å²) in [4.78, 5) is 11.5. The average molecular weight is 225 g/mol. The van der Waals surface area contributed by atoms with Crippen molar-refractivity contribution in [1.29, 1.82) is 5.26 Å². The van der Waals surface area contributed by atoms with E-state index in [1.807, 2.05) is 0 Å². The van der Waals surface area contributed by atoms with E-state index < -0.39 is 11.8 Å². The summed E-state index contributed by atoms with van der Waals surface area (Å²) in [5.41, 5.74) is -0.0156. The third kappa shape index (κ3) is 2.48. The van der Waals surface area contributed by atoms with Gasteiger partial charge in [-0.1, -0.05) is 0 Å². The van der Waals surface area contributed by atoms with Crippen LogP contribution in [0.3, 0.4) is 0 Å². The summed E-state index contributed by atoms with van der Waals surface area (Å²) in [5, 5.41) is 8.66. The molecule has 1 aromatic rings. The number of carbonyl (C=O) groups is 1. The van der Waals surface area contributed by atoms with E-state index in [1.165, 1.54) is 0 Å². The fourth-order valence-corrected chi connectivity index (χ4v) is 1.32. The second-order valence-corrected chi connectivity index (χ2v) is 3.13. The molecule has 0 heterocycles. The van der Waals surface area contributed by atoms with Crippen LogP contribution in [0, 0.1) is 17.1 Å². The molecule has 0 saturated heterocycles. The van der Waals surface area contributed by atoms with Gasteiger partial charge in [0.2, 0.25) is 0 Å². The number of carbonyl (C=O) groups excluding carboxylic acids is 1. The van der Waals surface area contributed by atoms with E-state index in [0.29, 0.717) is 0 Å². The highest BCUT2D eigenvalue weighted by molar-refractivity contribution is 7.80. The van der Waals surface area contributed by atoms with Gasteiger partial charge in [-0.3, -0.25) is 0 Å². The van der Waals surface area contributed by atoms with E-state index in [-0.39, 0.29) is 22.6 Å². The van der Waals surface area contributed by atoms with E-state index in [2.05, 4.69) is 12.6 Å². The molecule has 15 heavy (non-hydrogen) atoms. The third-order valence-electron chi connectivity index (χ3n) is 1.69. The number of esters is 1. The molecule has 0 aliphatic rings. The Morgan fingerprint density at radius 2 is 2.33 bits per heavy atom. The standard InChI is InChI=1S/C10H8FNO2S/c1-2-14-10(13)8-4-7(11)3-6(5-12)9(8)15/h3-4,15H,2H2,1H3. The minimum Gasteiger partial charge on any atom is -0.462 e. The molecular formula is C10H8FNO2S. The number of thiol groups is 1. The van der Waals surface area contributed by atoms with Gasteiger partial charge < -0.3 is 4.74 Å². The summed E-state index contributed by atoms with van der Waals surface area (Å²) >= 11 is 3.98. The molecule has 1 rings (SSSR count). The number of nitrogens with zero attached hydrogens (tertiary/aromatic N) is 1. The van der Waals surface area contributed by atoms with Crippen molar-refractivity contribution >= 4 is 18.6 Å². The van der Waals surface area contributed by atoms with Crippen molar-refractivity contribution in [3.8, 4) is 6.07 Å². The van der Waals surface area contributed by atoms with Gasteiger partial charge in [0.25, 0.3) is 0 Å². The van der Waals surface area contributed by atoms with Crippen molar-refractivity contribution in [3.05, 3.63) is 29.1 Å². The lowest BCUT2D eigenvalue weighted by Crippen LogP contribution is -2.07. The molecule has 5 heteroatoms. The zero-order valence-corrected chi connectivity index (χ0v) is 8.85. The fourth-order valence-electron chi connectivity index (χ4n) is 1.05. The van der Waals surface area contributed by atoms with E-state index >= 15 is 0 Å². The molecule has 0 aliphatic heterocycles. The van der Waals surface area contributed by atoms with Crippen LogP contribution < -0.4 is 0 Å². The van der Waals surface area contributed by atoms with Gasteiger partial charge in [-0.2, -0.15) is 5.26 Å². The number of hydrogen-bond acceptors (Lipinski definition) is 4. The third-order valence-corrected chi connectivity index (χ3v) is 2.17. The second kappa shape index (κ2) is 4.80. The van der Waals surface area contributed by atoms with Crippen LogP contribution in [0.4, 0.5) is 4.39 Å². The Bertz CT molecular complexity index is 440. The zero-order valence-electron chi connectivity index (χ0n) is 7.95. The minimum atomic E-state index is -0.682. The normalized spacial score (nSPS) is 9.47. The lowest BCUT2D eigenvalue weighted by atomic mass is 10.1. The summed E-state index contributed by atoms with van der Waals surface area (Å²) in [5.74, 6) is -1.34. The van der Waals surface area contributed by atoms with Crippen LogP contribution in [-0.2, 0) is 4.74 Å². The molecule has 78 valence electrons. The van der Waals surface area contributed by atoms with Crippen LogP contribution in [0.15, 0.2) is 17.0 Å². The Labute approximate surface area is 91.9 Å². The van der Waals surface area contributed by atoms with Gasteiger partial charge in [0.15, 0.2) is 0 Å². The van der Waals surface area contributed by atoms with E-state index in [0.717, 1.165) is 12.1 Å². The van der Waals surface area contributed by atoms with Crippen molar-refractivity contribution in [2.75, 3.05) is 6.61 Å². The van der Waals surface area contributed by atoms with Crippen LogP contribution in [0.25, 0.3) is 0 Å². The predicted molar refractivity (Wildman–Crippen MR) is 54.3 cm³/mol. The monoisotopic (exact) mass is 225 g/mol. The highest BCUT2D eigenvalue weighted by Crippen LogP contribution is 2.21. The summed E-state index contributed by atoms with van der Waals surface area (Å²) in [6, 6.07) is 3.77. The van der Waals surface area contributed by atoms with Crippen molar-refractivity contribution in [3.63, 3.8) is 0 Å². The molecule has 0 aliphatic carbocycles. The summed E-state index contributed by atoms with van der Waals surface area (Å²) < 4.78 is 17.7. The Hall–Kier alpha value is -1.54. The SMILES string of the molecule is CCOC(=O)c1cc(F)cc(C#N)c1S. The van der Waals surface area contributed by atoms with E-state index in [9.17, 15) is 9.18 Å². The van der Waals surface area contributed by atoms with Gasteiger partial charge in [0.1, 0.15) is 11.9 Å². The number of nitriles is 1. The molecule has 0 bridgehead atoms. The van der Waals surface area contributed by atoms with Crippen molar-refractivity contribution in [2.45, 2.75) is 11.8 Å². The number of halogens is 1. The zero-order chi connectivity index (χ0) is 11.4. The van der Waals surface area contributed by atoms with Gasteiger partial charge in [-0.05, 0) is 19.1 Å². The maximum Gasteiger partial charge on any atom is 0.339 e. The fraction of sp³-hybridized carbons (Fsp3) is 0.200. The summed E-state index contributed by atoms with van der Waals surface area (Å²) in [7, 11) is 0. The molecule has 0 radical (unpaired) electrons. The summed E-state index contributed by atoms with van der Waals surface area (Å²) in [6.45, 7) is 1.82. The molecule has 0 unspecified atom stereocenters. The summed E-state index contributed by atoms with van der Waals surface area (Å²) in [6.07, 6.45) is 0. The van der Waals surface area contributed by atoms with E-state index in [1.54, 1.807) is 13.0 Å². The lowest BCUT2D eigenvalue weighted by molar-refractivity contribution is 0.0521. The largest absolute Gasteiger partial charge is 0.462 e. The molecule has 3 nitrogen and oxygen atoms in total. The molecule has 0 N–H and O–H groups in total. The Morgan fingerprint density at radius 3 is 2.87 bits per heavy atom. The van der Waals surface area contributed by atoms with Gasteiger partial charge in [-0.25, -0.2) is 9.18 Å². The molecule has 0 amide bonds. The minimum absolute atomic E-state index is 0.0152. The maximum absolute atomic E-state index is 13.0. The number of ether oxygens (including phenoxy) is 1. The highest BCUT2D eigenvalue weighted by atomic mass is 32.1. The molecule has 0 saturated carbocycles. The molecule has 0 atom stereocenters. The van der Waals surface area contributed by atoms with Gasteiger partial charge in [-0.15, -0.1) is 12.6 Å². The van der Waals surface area contributed by atoms with Crippen LogP contribution in [0.1, 0.15) is 22.8 Å². The van der Waals surface area contributed by atoms with Crippen LogP contribution in [-0.4, -0.2) is 12.6 Å². The second-order valence-electron chi connectivity index (χ2n) is 2.68. The van der Waals surface area contributed by atoms with Crippen molar-refractivity contribution in [2.24, 2.45) is 0 Å². The first-order chi connectivity index (χ1) is 7.10. The lowest BCUT2D eigenvalue weighted by Gasteiger charge is -2.05. The molecule has 0 spiro atoms. The molecule has 0 aromatic heterocycles. The average Bonchev–Trinajstić information content (AvgIpc) is 2.21. The topological polar surface area (TPSA) is 50.1 Å². The van der Waals surface area contributed by atoms with Gasteiger partial charge >= 0.3 is 5.97 Å². The highest BCUT2D eigenvalue weighted by Gasteiger charge is 2.15. The number of hydrogen-bond donors (Lipinski definition) is 1. The van der Waals surface area contributed by atoms with Crippen molar-refractivity contribution in [1.82, 2.24) is 0 Å². The Morgan fingerprint density at radius 1 is 1.67 bits per heavy atom. The van der Waals surface area contributed by atoms with Gasteiger partial charge in [0.05, 0.1) is 17.7 Å². The quantitative estimate of drug-likeness (QED) is 0.619. The van der Waals surface area contributed by atoms with Crippen molar-refractivity contribution < 1.29 is 13.9 Å². The smallest absolute Gasteiger partial charge is 0.339 e. The first-order valence-electron chi connectivity index (χ1n) is 4.19. The first kappa shape index (κ1) is 11.5. The first-order valence-corrected chi connectivity index (χ1v) is 4.64. The maximum atomic E-state index is 13.0. The predicted octanol–water partition coefficient (Wildman–Crippen LogP) is 2.16. The van der Waals surface area contributed by atoms with Crippen LogP contribution in [0.2, 0.25) is 0 Å². The van der Waals surface area contributed by atoms with Crippen LogP contribution >= 0.6 is 12.6 Å². The molecule has 0 fully saturated rings. The molecular weight excluding hydrogens is 217 g/mol. The molecule has 1 aromatic carbocycles. The Kier molecular flexibility index (Phi) is 3.69. The van der Waals surface area contributed by atoms with E-state index in [4.69, 9.17) is 10.00 Å². The number of rotatable bonds is 2. The van der Waals surface area contributed by atoms with Gasteiger partial charge in [0, 0.05) is 4.90 Å². The number of benzene rings is 1. The Balaban J connectivity index is 3.24. The van der Waals surface area contributed by atoms with Crippen LogP contribution in [0.5, 0.6) is 0 Å².